The Balaban J connectivity index is 1.84. The Bertz CT molecular complexity index is 152. The smallest absolute Gasteiger partial charge is 0.0232 e. The molecule has 2 aliphatic rings. The number of hydrogen-bond donors (Lipinski definition) is 1. The van der Waals surface area contributed by atoms with Crippen molar-refractivity contribution < 1.29 is 0 Å². The van der Waals surface area contributed by atoms with Crippen LogP contribution in [0.2, 0.25) is 0 Å². The Morgan fingerprint density at radius 2 is 2.31 bits per heavy atom. The molecule has 2 rings (SSSR count). The standard InChI is InChI=1S/C11H22N2/c1-2-10-4-3-7-13(9-10)11-5-6-12-8-11/h10-12H,2-9H2,1H3. The minimum Gasteiger partial charge on any atom is -0.315 e. The maximum absolute atomic E-state index is 3.46. The van der Waals surface area contributed by atoms with E-state index in [2.05, 4.69) is 17.1 Å². The summed E-state index contributed by atoms with van der Waals surface area (Å²) >= 11 is 0. The molecule has 2 heterocycles. The summed E-state index contributed by atoms with van der Waals surface area (Å²) in [6.45, 7) is 7.52. The van der Waals surface area contributed by atoms with Gasteiger partial charge in [-0.05, 0) is 38.3 Å². The van der Waals surface area contributed by atoms with Gasteiger partial charge in [-0.1, -0.05) is 13.3 Å². The fraction of sp³-hybridized carbons (Fsp3) is 1.00. The van der Waals surface area contributed by atoms with Gasteiger partial charge in [0.25, 0.3) is 0 Å². The number of nitrogens with one attached hydrogen (secondary N) is 1. The maximum atomic E-state index is 3.46. The van der Waals surface area contributed by atoms with Crippen LogP contribution in [0, 0.1) is 5.92 Å². The summed E-state index contributed by atoms with van der Waals surface area (Å²) in [6, 6.07) is 0.856. The Morgan fingerprint density at radius 3 is 3.00 bits per heavy atom. The molecule has 0 aromatic carbocycles. The van der Waals surface area contributed by atoms with Gasteiger partial charge in [-0.2, -0.15) is 0 Å². The van der Waals surface area contributed by atoms with E-state index in [4.69, 9.17) is 0 Å². The highest BCUT2D eigenvalue weighted by molar-refractivity contribution is 4.84. The van der Waals surface area contributed by atoms with Gasteiger partial charge in [0.1, 0.15) is 0 Å². The molecule has 0 amide bonds. The van der Waals surface area contributed by atoms with Crippen molar-refractivity contribution >= 4 is 0 Å². The SMILES string of the molecule is CCC1CCCN(C2CCNC2)C1. The van der Waals surface area contributed by atoms with Gasteiger partial charge in [0.2, 0.25) is 0 Å². The van der Waals surface area contributed by atoms with Crippen LogP contribution in [0.25, 0.3) is 0 Å². The Labute approximate surface area is 81.7 Å². The monoisotopic (exact) mass is 182 g/mol. The maximum Gasteiger partial charge on any atom is 0.0232 e. The summed E-state index contributed by atoms with van der Waals surface area (Å²) in [5.41, 5.74) is 0. The summed E-state index contributed by atoms with van der Waals surface area (Å²) in [4.78, 5) is 2.72. The molecule has 2 nitrogen and oxygen atoms in total. The first-order chi connectivity index (χ1) is 6.40. The molecule has 2 atom stereocenters. The van der Waals surface area contributed by atoms with E-state index in [1.54, 1.807) is 0 Å². The molecule has 0 aromatic rings. The highest BCUT2D eigenvalue weighted by atomic mass is 15.2. The molecule has 0 spiro atoms. The topological polar surface area (TPSA) is 15.3 Å². The average molecular weight is 182 g/mol. The summed E-state index contributed by atoms with van der Waals surface area (Å²) in [7, 11) is 0. The van der Waals surface area contributed by atoms with Crippen LogP contribution < -0.4 is 5.32 Å². The lowest BCUT2D eigenvalue weighted by atomic mass is 9.94. The van der Waals surface area contributed by atoms with Crippen molar-refractivity contribution in [3.8, 4) is 0 Å². The van der Waals surface area contributed by atoms with Crippen LogP contribution in [0.1, 0.15) is 32.6 Å². The molecule has 0 radical (unpaired) electrons. The van der Waals surface area contributed by atoms with Gasteiger partial charge in [-0.3, -0.25) is 4.90 Å². The minimum atomic E-state index is 0.856. The van der Waals surface area contributed by atoms with Crippen LogP contribution in [0.15, 0.2) is 0 Å². The van der Waals surface area contributed by atoms with Crippen molar-refractivity contribution in [3.63, 3.8) is 0 Å². The Morgan fingerprint density at radius 1 is 1.38 bits per heavy atom. The van der Waals surface area contributed by atoms with Gasteiger partial charge in [-0.25, -0.2) is 0 Å². The number of rotatable bonds is 2. The van der Waals surface area contributed by atoms with Crippen LogP contribution in [0.4, 0.5) is 0 Å². The molecule has 0 aliphatic carbocycles. The zero-order chi connectivity index (χ0) is 9.10. The summed E-state index contributed by atoms with van der Waals surface area (Å²) in [6.07, 6.45) is 5.63. The van der Waals surface area contributed by atoms with Crippen molar-refractivity contribution in [1.29, 1.82) is 0 Å². The molecule has 2 heteroatoms. The van der Waals surface area contributed by atoms with Crippen molar-refractivity contribution in [2.45, 2.75) is 38.6 Å². The molecule has 2 saturated heterocycles. The number of nitrogens with zero attached hydrogens (tertiary/aromatic N) is 1. The van der Waals surface area contributed by atoms with Gasteiger partial charge >= 0.3 is 0 Å². The first-order valence-corrected chi connectivity index (χ1v) is 5.85. The van der Waals surface area contributed by atoms with E-state index in [0.29, 0.717) is 0 Å². The molecule has 2 unspecified atom stereocenters. The molecular formula is C11H22N2. The van der Waals surface area contributed by atoms with Gasteiger partial charge < -0.3 is 5.32 Å². The lowest BCUT2D eigenvalue weighted by Gasteiger charge is -2.36. The number of likely N-dealkylation sites (tertiary alicyclic amines) is 1. The van der Waals surface area contributed by atoms with Gasteiger partial charge in [-0.15, -0.1) is 0 Å². The molecule has 1 N–H and O–H groups in total. The van der Waals surface area contributed by atoms with Crippen LogP contribution >= 0.6 is 0 Å². The number of hydrogen-bond acceptors (Lipinski definition) is 2. The Hall–Kier alpha value is -0.0800. The second kappa shape index (κ2) is 4.43. The zero-order valence-corrected chi connectivity index (χ0v) is 8.76. The van der Waals surface area contributed by atoms with E-state index in [9.17, 15) is 0 Å². The average Bonchev–Trinajstić information content (AvgIpc) is 2.71. The minimum absolute atomic E-state index is 0.856. The van der Waals surface area contributed by atoms with Crippen molar-refractivity contribution in [2.24, 2.45) is 5.92 Å². The van der Waals surface area contributed by atoms with Crippen molar-refractivity contribution in [1.82, 2.24) is 10.2 Å². The first-order valence-electron chi connectivity index (χ1n) is 5.85. The quantitative estimate of drug-likeness (QED) is 0.695. The third kappa shape index (κ3) is 2.23. The molecular weight excluding hydrogens is 160 g/mol. The van der Waals surface area contributed by atoms with E-state index in [1.165, 1.54) is 51.9 Å². The van der Waals surface area contributed by atoms with Gasteiger partial charge in [0.05, 0.1) is 0 Å². The molecule has 76 valence electrons. The zero-order valence-electron chi connectivity index (χ0n) is 8.76. The first kappa shape index (κ1) is 9.47. The second-order valence-corrected chi connectivity index (χ2v) is 4.56. The lowest BCUT2D eigenvalue weighted by molar-refractivity contribution is 0.129. The van der Waals surface area contributed by atoms with Crippen molar-refractivity contribution in [2.75, 3.05) is 26.2 Å². The second-order valence-electron chi connectivity index (χ2n) is 4.56. The molecule has 0 aromatic heterocycles. The molecule has 0 saturated carbocycles. The highest BCUT2D eigenvalue weighted by Crippen LogP contribution is 2.22. The lowest BCUT2D eigenvalue weighted by Crippen LogP contribution is -2.43. The molecule has 2 aliphatic heterocycles. The van der Waals surface area contributed by atoms with Crippen LogP contribution in [-0.4, -0.2) is 37.1 Å². The molecule has 13 heavy (non-hydrogen) atoms. The van der Waals surface area contributed by atoms with E-state index in [-0.39, 0.29) is 0 Å². The fourth-order valence-electron chi connectivity index (χ4n) is 2.71. The van der Waals surface area contributed by atoms with E-state index < -0.39 is 0 Å². The van der Waals surface area contributed by atoms with Crippen LogP contribution in [0.5, 0.6) is 0 Å². The van der Waals surface area contributed by atoms with E-state index in [0.717, 1.165) is 12.0 Å². The third-order valence-electron chi connectivity index (χ3n) is 3.68. The van der Waals surface area contributed by atoms with Crippen molar-refractivity contribution in [3.05, 3.63) is 0 Å². The molecule has 0 bridgehead atoms. The predicted molar refractivity (Wildman–Crippen MR) is 55.9 cm³/mol. The van der Waals surface area contributed by atoms with E-state index in [1.807, 2.05) is 0 Å². The largest absolute Gasteiger partial charge is 0.315 e. The summed E-state index contributed by atoms with van der Waals surface area (Å²) in [5.74, 6) is 0.981. The van der Waals surface area contributed by atoms with Gasteiger partial charge in [0, 0.05) is 19.1 Å². The van der Waals surface area contributed by atoms with E-state index >= 15 is 0 Å². The number of piperidine rings is 1. The van der Waals surface area contributed by atoms with Crippen LogP contribution in [-0.2, 0) is 0 Å². The third-order valence-corrected chi connectivity index (χ3v) is 3.68. The normalized spacial score (nSPS) is 36.7. The van der Waals surface area contributed by atoms with Crippen LogP contribution in [0.3, 0.4) is 0 Å². The summed E-state index contributed by atoms with van der Waals surface area (Å²) < 4.78 is 0. The fourth-order valence-corrected chi connectivity index (χ4v) is 2.71. The highest BCUT2D eigenvalue weighted by Gasteiger charge is 2.26. The van der Waals surface area contributed by atoms with Gasteiger partial charge in [0.15, 0.2) is 0 Å². The summed E-state index contributed by atoms with van der Waals surface area (Å²) in [5, 5.41) is 3.46. The predicted octanol–water partition coefficient (Wildman–Crippen LogP) is 1.47. The molecule has 2 fully saturated rings. The Kier molecular flexibility index (Phi) is 3.23.